The van der Waals surface area contributed by atoms with Crippen LogP contribution in [0.2, 0.25) is 51.4 Å². The molecule has 10 atom stereocenters. The van der Waals surface area contributed by atoms with E-state index in [1.807, 2.05) is 0 Å². The molecule has 4 nitrogen and oxygen atoms in total. The Labute approximate surface area is 192 Å². The minimum atomic E-state index is -2.10. The lowest BCUT2D eigenvalue weighted by Crippen LogP contribution is -2.52. The summed E-state index contributed by atoms with van der Waals surface area (Å²) in [6.07, 6.45) is 11.0. The molecule has 0 spiro atoms. The second-order valence-electron chi connectivity index (χ2n) is 13.6. The van der Waals surface area contributed by atoms with Crippen molar-refractivity contribution in [2.24, 2.45) is 35.5 Å². The molecule has 10 unspecified atom stereocenters. The molecule has 2 saturated heterocycles. The lowest BCUT2D eigenvalue weighted by atomic mass is 9.87. The Morgan fingerprint density at radius 2 is 1.03 bits per heavy atom. The smallest absolute Gasteiger partial charge is 0.311 e. The van der Waals surface area contributed by atoms with Gasteiger partial charge < -0.3 is 17.7 Å². The molecule has 0 N–H and O–H groups in total. The van der Waals surface area contributed by atoms with Crippen LogP contribution in [0.4, 0.5) is 0 Å². The van der Waals surface area contributed by atoms with Crippen molar-refractivity contribution in [2.75, 3.05) is 0 Å². The molecule has 4 bridgehead atoms. The summed E-state index contributed by atoms with van der Waals surface area (Å²) >= 11 is 0. The van der Waals surface area contributed by atoms with Crippen LogP contribution in [0, 0.1) is 35.5 Å². The predicted octanol–water partition coefficient (Wildman–Crippen LogP) is 5.76. The van der Waals surface area contributed by atoms with E-state index in [1.165, 1.54) is 50.6 Å². The van der Waals surface area contributed by atoms with Crippen molar-refractivity contribution < 1.29 is 17.7 Å². The van der Waals surface area contributed by atoms with E-state index in [1.54, 1.807) is 0 Å². The Morgan fingerprint density at radius 3 is 1.39 bits per heavy atom. The van der Waals surface area contributed by atoms with Crippen LogP contribution < -0.4 is 0 Å². The molecule has 31 heavy (non-hydrogen) atoms. The zero-order valence-corrected chi connectivity index (χ0v) is 23.6. The molecule has 7 heteroatoms. The normalized spacial score (nSPS) is 47.0. The van der Waals surface area contributed by atoms with E-state index in [0.717, 1.165) is 35.5 Å². The fourth-order valence-electron chi connectivity index (χ4n) is 8.65. The van der Waals surface area contributed by atoms with Crippen LogP contribution in [-0.2, 0) is 17.7 Å². The van der Waals surface area contributed by atoms with E-state index < -0.39 is 25.2 Å². The van der Waals surface area contributed by atoms with Crippen molar-refractivity contribution in [1.82, 2.24) is 0 Å². The molecule has 6 aliphatic rings. The summed E-state index contributed by atoms with van der Waals surface area (Å²) in [5.41, 5.74) is 0. The molecule has 2 heterocycles. The van der Waals surface area contributed by atoms with Crippen LogP contribution in [0.5, 0.6) is 0 Å². The topological polar surface area (TPSA) is 43.5 Å². The monoisotopic (exact) mass is 480 g/mol. The van der Waals surface area contributed by atoms with Gasteiger partial charge in [-0.2, -0.15) is 0 Å². The van der Waals surface area contributed by atoms with E-state index in [-0.39, 0.29) is 0 Å². The highest BCUT2D eigenvalue weighted by Crippen LogP contribution is 2.61. The second kappa shape index (κ2) is 7.25. The van der Waals surface area contributed by atoms with Gasteiger partial charge in [-0.3, -0.25) is 0 Å². The molecule has 4 saturated carbocycles. The van der Waals surface area contributed by atoms with Crippen molar-refractivity contribution in [2.45, 2.75) is 114 Å². The molecule has 6 fully saturated rings. The molecule has 0 amide bonds. The summed E-state index contributed by atoms with van der Waals surface area (Å²) in [6, 6.07) is 2.57. The quantitative estimate of drug-likeness (QED) is 0.294. The van der Waals surface area contributed by atoms with Crippen LogP contribution >= 0.6 is 0 Å². The highest BCUT2D eigenvalue weighted by Gasteiger charge is 2.63. The Morgan fingerprint density at radius 1 is 0.613 bits per heavy atom. The summed E-state index contributed by atoms with van der Waals surface area (Å²) in [4.78, 5) is 0. The van der Waals surface area contributed by atoms with Crippen molar-refractivity contribution in [3.8, 4) is 0 Å². The fraction of sp³-hybridized carbons (Fsp3) is 1.00. The zero-order chi connectivity index (χ0) is 21.8. The minimum absolute atomic E-state index is 0.642. The van der Waals surface area contributed by atoms with Crippen LogP contribution in [0.15, 0.2) is 0 Å². The van der Waals surface area contributed by atoms with E-state index in [2.05, 4.69) is 39.3 Å². The summed E-state index contributed by atoms with van der Waals surface area (Å²) < 4.78 is 25.6. The van der Waals surface area contributed by atoms with Gasteiger partial charge in [-0.05, 0) is 113 Å². The molecule has 176 valence electrons. The number of ether oxygens (including phenoxy) is 2. The van der Waals surface area contributed by atoms with Gasteiger partial charge in [0.05, 0.1) is 24.4 Å². The maximum absolute atomic E-state index is 6.92. The highest BCUT2D eigenvalue weighted by atomic mass is 28.5. The first-order valence-corrected chi connectivity index (χ1v) is 22.3. The van der Waals surface area contributed by atoms with Gasteiger partial charge in [-0.25, -0.2) is 0 Å². The maximum atomic E-state index is 6.92. The van der Waals surface area contributed by atoms with E-state index in [0.29, 0.717) is 24.4 Å². The first kappa shape index (κ1) is 22.0. The summed E-state index contributed by atoms with van der Waals surface area (Å²) in [7, 11) is -5.50. The summed E-state index contributed by atoms with van der Waals surface area (Å²) in [5.74, 6) is 5.32. The number of fused-ring (bicyclic) bond motifs is 10. The first-order chi connectivity index (χ1) is 14.5. The van der Waals surface area contributed by atoms with Crippen molar-refractivity contribution in [1.29, 1.82) is 0 Å². The average Bonchev–Trinajstić information content (AvgIpc) is 3.48. The van der Waals surface area contributed by atoms with Crippen LogP contribution in [0.1, 0.15) is 38.5 Å². The molecule has 0 aromatic carbocycles. The largest absolute Gasteiger partial charge is 0.437 e. The van der Waals surface area contributed by atoms with Gasteiger partial charge in [0.25, 0.3) is 0 Å². The maximum Gasteiger partial charge on any atom is 0.311 e. The molecule has 0 aromatic rings. The lowest BCUT2D eigenvalue weighted by Gasteiger charge is -2.39. The molecular weight excluding hydrogens is 437 g/mol. The molecule has 0 radical (unpaired) electrons. The third kappa shape index (κ3) is 4.23. The van der Waals surface area contributed by atoms with Crippen molar-refractivity contribution in [3.05, 3.63) is 0 Å². The van der Waals surface area contributed by atoms with Gasteiger partial charge in [0.15, 0.2) is 16.6 Å². The van der Waals surface area contributed by atoms with Gasteiger partial charge in [0.1, 0.15) is 0 Å². The highest BCUT2D eigenvalue weighted by molar-refractivity contribution is 6.87. The Balaban J connectivity index is 0.970. The van der Waals surface area contributed by atoms with E-state index in [4.69, 9.17) is 17.7 Å². The number of epoxide rings is 2. The molecule has 4 aliphatic carbocycles. The van der Waals surface area contributed by atoms with Crippen LogP contribution in [0.3, 0.4) is 0 Å². The van der Waals surface area contributed by atoms with Crippen LogP contribution in [0.25, 0.3) is 0 Å². The van der Waals surface area contributed by atoms with Gasteiger partial charge >= 0.3 is 8.56 Å². The van der Waals surface area contributed by atoms with E-state index in [9.17, 15) is 0 Å². The number of hydrogen-bond donors (Lipinski definition) is 0. The predicted molar refractivity (Wildman–Crippen MR) is 130 cm³/mol. The van der Waals surface area contributed by atoms with E-state index >= 15 is 0 Å². The van der Waals surface area contributed by atoms with Crippen molar-refractivity contribution in [3.63, 3.8) is 0 Å². The number of rotatable bonds is 10. The van der Waals surface area contributed by atoms with Gasteiger partial charge in [0.2, 0.25) is 0 Å². The van der Waals surface area contributed by atoms with Crippen LogP contribution in [-0.4, -0.2) is 49.6 Å². The SMILES string of the molecule is C[Si](C)(CCC1CC2CC1C1OC21)O[Si](C)(C)O[Si](C)(C)CCC1CC2CC1C1OC21. The first-order valence-electron chi connectivity index (χ1n) is 13.2. The molecule has 6 rings (SSSR count). The fourth-order valence-corrected chi connectivity index (χ4v) is 22.8. The average molecular weight is 481 g/mol. The van der Waals surface area contributed by atoms with Gasteiger partial charge in [-0.1, -0.05) is 12.8 Å². The Bertz CT molecular complexity index is 670. The molecular formula is C24H44O4Si3. The third-order valence-corrected chi connectivity index (χ3v) is 21.1. The summed E-state index contributed by atoms with van der Waals surface area (Å²) in [5, 5.41) is 0. The lowest BCUT2D eigenvalue weighted by molar-refractivity contribution is 0.247. The minimum Gasteiger partial charge on any atom is -0.437 e. The Hall–Kier alpha value is 0.491. The second-order valence-corrected chi connectivity index (χ2v) is 26.1. The van der Waals surface area contributed by atoms with Gasteiger partial charge in [-0.15, -0.1) is 0 Å². The standard InChI is InChI=1S/C24H44O4Si3/c1-29(2,9-7-15-11-17-13-19(15)23-21(17)25-23)27-31(5,6)28-30(3,4)10-8-16-12-18-14-20(16)24-22(18)26-24/h15-24H,7-14H2,1-6H3. The molecule has 2 aliphatic heterocycles. The van der Waals surface area contributed by atoms with Gasteiger partial charge in [0, 0.05) is 0 Å². The summed E-state index contributed by atoms with van der Waals surface area (Å²) in [6.45, 7) is 14.4. The molecule has 0 aromatic heterocycles. The third-order valence-electron chi connectivity index (χ3n) is 9.75. The zero-order valence-electron chi connectivity index (χ0n) is 20.6. The Kier molecular flexibility index (Phi) is 5.14. The van der Waals surface area contributed by atoms with Crippen molar-refractivity contribution >= 4 is 25.2 Å². The number of hydrogen-bond acceptors (Lipinski definition) is 4.